The first-order valence-electron chi connectivity index (χ1n) is 5.16. The van der Waals surface area contributed by atoms with Gasteiger partial charge in [-0.2, -0.15) is 5.10 Å². The number of carbonyl (C=O) groups excluding carboxylic acids is 1. The van der Waals surface area contributed by atoms with Gasteiger partial charge in [0.2, 0.25) is 0 Å². The van der Waals surface area contributed by atoms with Crippen molar-refractivity contribution in [3.63, 3.8) is 0 Å². The van der Waals surface area contributed by atoms with E-state index in [0.717, 1.165) is 10.7 Å². The highest BCUT2D eigenvalue weighted by molar-refractivity contribution is 7.09. The van der Waals surface area contributed by atoms with Gasteiger partial charge in [0.25, 0.3) is 0 Å². The molecule has 0 N–H and O–H groups in total. The average molecular weight is 235 g/mol. The fourth-order valence-electron chi connectivity index (χ4n) is 1.53. The quantitative estimate of drug-likeness (QED) is 0.762. The molecular weight excluding hydrogens is 222 g/mol. The zero-order chi connectivity index (χ0) is 11.5. The van der Waals surface area contributed by atoms with Gasteiger partial charge < -0.3 is 0 Å². The second-order valence-electron chi connectivity index (χ2n) is 3.51. The molecule has 0 atom stereocenters. The molecule has 0 saturated carbocycles. The van der Waals surface area contributed by atoms with Crippen LogP contribution in [0.25, 0.3) is 0 Å². The van der Waals surface area contributed by atoms with E-state index in [1.807, 2.05) is 19.2 Å². The number of thiazole rings is 1. The van der Waals surface area contributed by atoms with Crippen LogP contribution in [0, 0.1) is 6.92 Å². The number of Topliss-reactive ketones (excluding diaryl/α,β-unsaturated/α-hetero) is 1. The lowest BCUT2D eigenvalue weighted by Crippen LogP contribution is -2.11. The first kappa shape index (κ1) is 11.0. The topological polar surface area (TPSA) is 47.8 Å². The second-order valence-corrected chi connectivity index (χ2v) is 4.46. The number of aryl methyl sites for hydroxylation is 2. The summed E-state index contributed by atoms with van der Waals surface area (Å²) in [4.78, 5) is 16.3. The maximum atomic E-state index is 12.0. The van der Waals surface area contributed by atoms with Gasteiger partial charge in [-0.1, -0.05) is 0 Å². The Kier molecular flexibility index (Phi) is 3.14. The molecule has 2 aromatic rings. The Balaban J connectivity index is 2.14. The molecule has 0 saturated heterocycles. The Bertz CT molecular complexity index is 501. The molecule has 84 valence electrons. The monoisotopic (exact) mass is 235 g/mol. The molecule has 16 heavy (non-hydrogen) atoms. The molecule has 0 aliphatic heterocycles. The van der Waals surface area contributed by atoms with E-state index in [0.29, 0.717) is 18.7 Å². The molecule has 4 nitrogen and oxygen atoms in total. The number of ketones is 1. The Morgan fingerprint density at radius 3 is 3.00 bits per heavy atom. The second kappa shape index (κ2) is 4.57. The molecule has 0 unspecified atom stereocenters. The number of carbonyl (C=O) groups is 1. The zero-order valence-corrected chi connectivity index (χ0v) is 10.1. The first-order chi connectivity index (χ1) is 7.70. The third kappa shape index (κ3) is 2.19. The summed E-state index contributed by atoms with van der Waals surface area (Å²) >= 11 is 1.53. The smallest absolute Gasteiger partial charge is 0.187 e. The van der Waals surface area contributed by atoms with Crippen molar-refractivity contribution in [1.29, 1.82) is 0 Å². The lowest BCUT2D eigenvalue weighted by atomic mass is 10.2. The largest absolute Gasteiger partial charge is 0.292 e. The standard InChI is InChI=1S/C11H13N3OS/c1-3-14-9(4-5-12-14)10(15)6-11-13-8(2)7-16-11/h4-5,7H,3,6H2,1-2H3. The molecule has 0 radical (unpaired) electrons. The summed E-state index contributed by atoms with van der Waals surface area (Å²) in [6.07, 6.45) is 2.02. The summed E-state index contributed by atoms with van der Waals surface area (Å²) in [5.74, 6) is 0.0775. The highest BCUT2D eigenvalue weighted by Crippen LogP contribution is 2.12. The van der Waals surface area contributed by atoms with Crippen LogP contribution in [0.15, 0.2) is 17.6 Å². The lowest BCUT2D eigenvalue weighted by molar-refractivity contribution is 0.0982. The van der Waals surface area contributed by atoms with Gasteiger partial charge >= 0.3 is 0 Å². The molecule has 0 spiro atoms. The molecular formula is C11H13N3OS. The summed E-state index contributed by atoms with van der Waals surface area (Å²) in [5.41, 5.74) is 1.63. The highest BCUT2D eigenvalue weighted by atomic mass is 32.1. The number of aromatic nitrogens is 3. The predicted octanol–water partition coefficient (Wildman–Crippen LogP) is 2.09. The van der Waals surface area contributed by atoms with Crippen molar-refractivity contribution in [3.05, 3.63) is 34.0 Å². The van der Waals surface area contributed by atoms with Gasteiger partial charge in [-0.3, -0.25) is 9.48 Å². The van der Waals surface area contributed by atoms with Gasteiger partial charge in [0, 0.05) is 23.8 Å². The van der Waals surface area contributed by atoms with E-state index >= 15 is 0 Å². The summed E-state index contributed by atoms with van der Waals surface area (Å²) in [6, 6.07) is 1.76. The molecule has 0 bridgehead atoms. The Morgan fingerprint density at radius 2 is 2.38 bits per heavy atom. The normalized spacial score (nSPS) is 10.6. The summed E-state index contributed by atoms with van der Waals surface area (Å²) in [6.45, 7) is 4.61. The van der Waals surface area contributed by atoms with Gasteiger partial charge in [-0.25, -0.2) is 4.98 Å². The van der Waals surface area contributed by atoms with Gasteiger partial charge in [-0.05, 0) is 19.9 Å². The van der Waals surface area contributed by atoms with Gasteiger partial charge in [0.15, 0.2) is 5.78 Å². The summed E-state index contributed by atoms with van der Waals surface area (Å²) < 4.78 is 1.71. The summed E-state index contributed by atoms with van der Waals surface area (Å²) in [5, 5.41) is 6.91. The number of hydrogen-bond acceptors (Lipinski definition) is 4. The Labute approximate surface area is 97.9 Å². The molecule has 0 amide bonds. The molecule has 2 aromatic heterocycles. The van der Waals surface area contributed by atoms with Crippen molar-refractivity contribution < 1.29 is 4.79 Å². The average Bonchev–Trinajstić information content (AvgIpc) is 2.86. The van der Waals surface area contributed by atoms with E-state index in [1.54, 1.807) is 16.9 Å². The Morgan fingerprint density at radius 1 is 1.56 bits per heavy atom. The number of nitrogens with zero attached hydrogens (tertiary/aromatic N) is 3. The fourth-order valence-corrected chi connectivity index (χ4v) is 2.30. The van der Waals surface area contributed by atoms with E-state index in [1.165, 1.54) is 11.3 Å². The van der Waals surface area contributed by atoms with Crippen molar-refractivity contribution in [3.8, 4) is 0 Å². The number of hydrogen-bond donors (Lipinski definition) is 0. The van der Waals surface area contributed by atoms with Crippen LogP contribution in [0.4, 0.5) is 0 Å². The maximum Gasteiger partial charge on any atom is 0.187 e. The van der Waals surface area contributed by atoms with E-state index < -0.39 is 0 Å². The van der Waals surface area contributed by atoms with Gasteiger partial charge in [-0.15, -0.1) is 11.3 Å². The van der Waals surface area contributed by atoms with Crippen molar-refractivity contribution in [2.24, 2.45) is 0 Å². The molecule has 2 rings (SSSR count). The fraction of sp³-hybridized carbons (Fsp3) is 0.364. The molecule has 0 fully saturated rings. The van der Waals surface area contributed by atoms with E-state index in [-0.39, 0.29) is 5.78 Å². The van der Waals surface area contributed by atoms with Crippen molar-refractivity contribution in [2.75, 3.05) is 0 Å². The van der Waals surface area contributed by atoms with Crippen molar-refractivity contribution in [1.82, 2.24) is 14.8 Å². The van der Waals surface area contributed by atoms with Crippen LogP contribution < -0.4 is 0 Å². The first-order valence-corrected chi connectivity index (χ1v) is 6.04. The van der Waals surface area contributed by atoms with E-state index in [4.69, 9.17) is 0 Å². The molecule has 5 heteroatoms. The van der Waals surface area contributed by atoms with Crippen LogP contribution in [0.2, 0.25) is 0 Å². The third-order valence-electron chi connectivity index (χ3n) is 2.28. The molecule has 0 aliphatic rings. The molecule has 0 aromatic carbocycles. The van der Waals surface area contributed by atoms with Crippen LogP contribution in [0.5, 0.6) is 0 Å². The van der Waals surface area contributed by atoms with Crippen molar-refractivity contribution in [2.45, 2.75) is 26.8 Å². The summed E-state index contributed by atoms with van der Waals surface area (Å²) in [7, 11) is 0. The molecule has 0 aliphatic carbocycles. The van der Waals surface area contributed by atoms with Crippen LogP contribution >= 0.6 is 11.3 Å². The van der Waals surface area contributed by atoms with Gasteiger partial charge in [0.1, 0.15) is 10.7 Å². The van der Waals surface area contributed by atoms with E-state index in [9.17, 15) is 4.79 Å². The number of rotatable bonds is 4. The molecule has 2 heterocycles. The van der Waals surface area contributed by atoms with Crippen LogP contribution in [0.1, 0.15) is 28.1 Å². The maximum absolute atomic E-state index is 12.0. The van der Waals surface area contributed by atoms with Crippen LogP contribution in [-0.2, 0) is 13.0 Å². The SMILES string of the molecule is CCn1nccc1C(=O)Cc1nc(C)cs1. The predicted molar refractivity (Wildman–Crippen MR) is 62.8 cm³/mol. The highest BCUT2D eigenvalue weighted by Gasteiger charge is 2.13. The minimum absolute atomic E-state index is 0.0775. The zero-order valence-electron chi connectivity index (χ0n) is 9.30. The lowest BCUT2D eigenvalue weighted by Gasteiger charge is -2.01. The van der Waals surface area contributed by atoms with Crippen molar-refractivity contribution >= 4 is 17.1 Å². The Hall–Kier alpha value is -1.49. The van der Waals surface area contributed by atoms with E-state index in [2.05, 4.69) is 10.1 Å². The van der Waals surface area contributed by atoms with Gasteiger partial charge in [0.05, 0.1) is 6.42 Å². The minimum atomic E-state index is 0.0775. The van der Waals surface area contributed by atoms with Crippen LogP contribution in [0.3, 0.4) is 0 Å². The van der Waals surface area contributed by atoms with Crippen LogP contribution in [-0.4, -0.2) is 20.5 Å². The minimum Gasteiger partial charge on any atom is -0.292 e. The third-order valence-corrected chi connectivity index (χ3v) is 3.25.